The number of aromatic nitrogens is 3. The summed E-state index contributed by atoms with van der Waals surface area (Å²) in [6.07, 6.45) is 3.91. The Morgan fingerprint density at radius 2 is 1.94 bits per heavy atom. The lowest BCUT2D eigenvalue weighted by atomic mass is 9.96. The minimum Gasteiger partial charge on any atom is -0.324 e. The fourth-order valence-corrected chi connectivity index (χ4v) is 3.28. The highest BCUT2D eigenvalue weighted by molar-refractivity contribution is 5.91. The van der Waals surface area contributed by atoms with Crippen molar-refractivity contribution in [2.75, 3.05) is 18.4 Å². The largest absolute Gasteiger partial charge is 0.324 e. The number of likely N-dealkylation sites (tertiary alicyclic amines) is 1. The maximum atomic E-state index is 14.1. The molecule has 9 nitrogen and oxygen atoms in total. The second-order valence-corrected chi connectivity index (χ2v) is 7.02. The molecular formula is C20H16F2N6O3. The monoisotopic (exact) mass is 426 g/mol. The van der Waals surface area contributed by atoms with E-state index in [1.807, 2.05) is 0 Å². The summed E-state index contributed by atoms with van der Waals surface area (Å²) in [7, 11) is 0. The summed E-state index contributed by atoms with van der Waals surface area (Å²) in [5.41, 5.74) is -0.450. The molecule has 0 spiro atoms. The number of carbonyl (C=O) groups is 1. The maximum Gasteiger partial charge on any atom is 0.323 e. The Morgan fingerprint density at radius 3 is 2.61 bits per heavy atom. The highest BCUT2D eigenvalue weighted by Crippen LogP contribution is 2.29. The van der Waals surface area contributed by atoms with Crippen LogP contribution in [0, 0.1) is 27.7 Å². The number of benzene rings is 1. The highest BCUT2D eigenvalue weighted by Gasteiger charge is 2.32. The van der Waals surface area contributed by atoms with E-state index in [0.717, 1.165) is 12.1 Å². The fourth-order valence-electron chi connectivity index (χ4n) is 3.28. The summed E-state index contributed by atoms with van der Waals surface area (Å²) < 4.78 is 27.3. The first-order chi connectivity index (χ1) is 14.9. The van der Waals surface area contributed by atoms with E-state index in [0.29, 0.717) is 31.4 Å². The minimum atomic E-state index is -0.868. The average Bonchev–Trinajstić information content (AvgIpc) is 2.71. The Bertz CT molecular complexity index is 1140. The summed E-state index contributed by atoms with van der Waals surface area (Å²) in [4.78, 5) is 37.0. The first-order valence-electron chi connectivity index (χ1n) is 9.33. The van der Waals surface area contributed by atoms with Gasteiger partial charge >= 0.3 is 11.7 Å². The molecular weight excluding hydrogens is 410 g/mol. The van der Waals surface area contributed by atoms with Crippen LogP contribution in [0.2, 0.25) is 0 Å². The van der Waals surface area contributed by atoms with Gasteiger partial charge in [0.05, 0.1) is 10.6 Å². The van der Waals surface area contributed by atoms with Crippen molar-refractivity contribution in [2.24, 2.45) is 5.92 Å². The van der Waals surface area contributed by atoms with Gasteiger partial charge in [0.1, 0.15) is 17.5 Å². The number of rotatable bonds is 5. The maximum absolute atomic E-state index is 14.1. The molecule has 3 aromatic rings. The van der Waals surface area contributed by atoms with E-state index < -0.39 is 28.3 Å². The van der Waals surface area contributed by atoms with E-state index in [1.165, 1.54) is 17.0 Å². The van der Waals surface area contributed by atoms with Crippen molar-refractivity contribution in [1.82, 2.24) is 19.9 Å². The van der Waals surface area contributed by atoms with Gasteiger partial charge in [-0.05, 0) is 24.3 Å². The predicted octanol–water partition coefficient (Wildman–Crippen LogP) is 3.43. The fraction of sp³-hybridized carbons (Fsp3) is 0.200. The molecule has 0 bridgehead atoms. The number of nitrogens with one attached hydrogen (secondary N) is 1. The SMILES string of the molecule is O=C(Nc1nc(-c2ccc(F)cc2F)ccc1[N+](=O)[O-])N1CC(Cc2ncccn2)C1. The van der Waals surface area contributed by atoms with Crippen LogP contribution >= 0.6 is 0 Å². The van der Waals surface area contributed by atoms with Gasteiger partial charge in [-0.25, -0.2) is 28.5 Å². The van der Waals surface area contributed by atoms with Crippen molar-refractivity contribution in [1.29, 1.82) is 0 Å². The van der Waals surface area contributed by atoms with Crippen molar-refractivity contribution >= 4 is 17.5 Å². The van der Waals surface area contributed by atoms with Crippen molar-refractivity contribution in [2.45, 2.75) is 6.42 Å². The van der Waals surface area contributed by atoms with Gasteiger partial charge < -0.3 is 4.90 Å². The van der Waals surface area contributed by atoms with Crippen LogP contribution in [0.15, 0.2) is 48.8 Å². The molecule has 31 heavy (non-hydrogen) atoms. The summed E-state index contributed by atoms with van der Waals surface area (Å²) >= 11 is 0. The number of nitrogens with zero attached hydrogens (tertiary/aromatic N) is 5. The first kappa shape index (κ1) is 20.3. The number of urea groups is 1. The highest BCUT2D eigenvalue weighted by atomic mass is 19.1. The first-order valence-corrected chi connectivity index (χ1v) is 9.33. The number of anilines is 1. The van der Waals surface area contributed by atoms with Crippen molar-refractivity contribution in [3.05, 3.63) is 76.4 Å². The standard InChI is InChI=1S/C20H16F2N6O3/c21-13-2-3-14(15(22)9-13)16-4-5-17(28(30)31)19(25-16)26-20(29)27-10-12(11-27)8-18-23-6-1-7-24-18/h1-7,9,12H,8,10-11H2,(H,25,26,29). The second-order valence-electron chi connectivity index (χ2n) is 7.02. The lowest BCUT2D eigenvalue weighted by molar-refractivity contribution is -0.384. The molecule has 1 aliphatic heterocycles. The number of hydrogen-bond donors (Lipinski definition) is 1. The van der Waals surface area contributed by atoms with Gasteiger partial charge in [0.25, 0.3) is 0 Å². The summed E-state index contributed by atoms with van der Waals surface area (Å²) in [6, 6.07) is 6.43. The van der Waals surface area contributed by atoms with E-state index in [4.69, 9.17) is 0 Å². The van der Waals surface area contributed by atoms with Gasteiger partial charge in [0.2, 0.25) is 5.82 Å². The molecule has 0 aliphatic carbocycles. The predicted molar refractivity (Wildman–Crippen MR) is 106 cm³/mol. The van der Waals surface area contributed by atoms with Gasteiger partial charge in [0.15, 0.2) is 0 Å². The molecule has 0 unspecified atom stereocenters. The molecule has 3 heterocycles. The van der Waals surface area contributed by atoms with Crippen molar-refractivity contribution < 1.29 is 18.5 Å². The van der Waals surface area contributed by atoms with E-state index in [1.54, 1.807) is 18.5 Å². The third kappa shape index (κ3) is 4.44. The van der Waals surface area contributed by atoms with Crippen LogP contribution in [-0.2, 0) is 6.42 Å². The van der Waals surface area contributed by atoms with Gasteiger partial charge in [0, 0.05) is 55.5 Å². The van der Waals surface area contributed by atoms with Crippen LogP contribution in [0.3, 0.4) is 0 Å². The zero-order valence-corrected chi connectivity index (χ0v) is 16.0. The Hall–Kier alpha value is -4.02. The van der Waals surface area contributed by atoms with Crippen molar-refractivity contribution in [3.63, 3.8) is 0 Å². The number of amides is 2. The van der Waals surface area contributed by atoms with Gasteiger partial charge in [-0.2, -0.15) is 0 Å². The number of nitro groups is 1. The number of pyridine rings is 1. The average molecular weight is 426 g/mol. The molecule has 11 heteroatoms. The summed E-state index contributed by atoms with van der Waals surface area (Å²) in [5, 5.41) is 13.8. The van der Waals surface area contributed by atoms with E-state index >= 15 is 0 Å². The van der Waals surface area contributed by atoms with Gasteiger partial charge in [-0.1, -0.05) is 0 Å². The molecule has 158 valence electrons. The lowest BCUT2D eigenvalue weighted by Crippen LogP contribution is -2.52. The van der Waals surface area contributed by atoms with Crippen LogP contribution < -0.4 is 5.32 Å². The number of hydrogen-bond acceptors (Lipinski definition) is 6. The Morgan fingerprint density at radius 1 is 1.19 bits per heavy atom. The quantitative estimate of drug-likeness (QED) is 0.494. The Balaban J connectivity index is 1.48. The van der Waals surface area contributed by atoms with E-state index in [2.05, 4.69) is 20.3 Å². The summed E-state index contributed by atoms with van der Waals surface area (Å²) in [6.45, 7) is 0.869. The molecule has 1 saturated heterocycles. The molecule has 1 aromatic carbocycles. The number of carbonyl (C=O) groups excluding carboxylic acids is 1. The molecule has 1 fully saturated rings. The topological polar surface area (TPSA) is 114 Å². The van der Waals surface area contributed by atoms with E-state index in [-0.39, 0.29) is 23.0 Å². The van der Waals surface area contributed by atoms with Crippen LogP contribution in [0.4, 0.5) is 25.1 Å². The molecule has 0 atom stereocenters. The molecule has 1 aliphatic rings. The van der Waals surface area contributed by atoms with Crippen LogP contribution in [0.5, 0.6) is 0 Å². The third-order valence-corrected chi connectivity index (χ3v) is 4.84. The third-order valence-electron chi connectivity index (χ3n) is 4.84. The minimum absolute atomic E-state index is 0.0288. The second kappa shape index (κ2) is 8.38. The zero-order chi connectivity index (χ0) is 22.0. The Kier molecular flexibility index (Phi) is 5.48. The molecule has 1 N–H and O–H groups in total. The summed E-state index contributed by atoms with van der Waals surface area (Å²) in [5.74, 6) is -1.09. The molecule has 2 aromatic heterocycles. The van der Waals surface area contributed by atoms with Crippen LogP contribution in [-0.4, -0.2) is 43.9 Å². The van der Waals surface area contributed by atoms with Gasteiger partial charge in [-0.3, -0.25) is 15.4 Å². The molecule has 0 saturated carbocycles. The van der Waals surface area contributed by atoms with E-state index in [9.17, 15) is 23.7 Å². The Labute approximate surface area is 174 Å². The van der Waals surface area contributed by atoms with Crippen LogP contribution in [0.1, 0.15) is 5.82 Å². The lowest BCUT2D eigenvalue weighted by Gasteiger charge is -2.38. The number of halogens is 2. The van der Waals surface area contributed by atoms with Crippen LogP contribution in [0.25, 0.3) is 11.3 Å². The van der Waals surface area contributed by atoms with Gasteiger partial charge in [-0.15, -0.1) is 0 Å². The van der Waals surface area contributed by atoms with Crippen molar-refractivity contribution in [3.8, 4) is 11.3 Å². The molecule has 4 rings (SSSR count). The molecule has 2 amide bonds. The molecule has 0 radical (unpaired) electrons. The smallest absolute Gasteiger partial charge is 0.323 e. The normalized spacial score (nSPS) is 13.5. The zero-order valence-electron chi connectivity index (χ0n) is 16.0.